The van der Waals surface area contributed by atoms with E-state index in [0.717, 1.165) is 0 Å². The lowest BCUT2D eigenvalue weighted by Gasteiger charge is -2.12. The summed E-state index contributed by atoms with van der Waals surface area (Å²) >= 11 is 0. The number of hydrogen-bond acceptors (Lipinski definition) is 6. The van der Waals surface area contributed by atoms with Crippen molar-refractivity contribution in [2.24, 2.45) is 0 Å². The van der Waals surface area contributed by atoms with Crippen LogP contribution in [0.2, 0.25) is 0 Å². The average molecular weight is 382 g/mol. The number of alkyl halides is 1. The highest BCUT2D eigenvalue weighted by Gasteiger charge is 2.24. The minimum absolute atomic E-state index is 0.0208. The number of rotatable bonds is 7. The van der Waals surface area contributed by atoms with E-state index in [0.29, 0.717) is 12.1 Å². The molecule has 0 radical (unpaired) electrons. The van der Waals surface area contributed by atoms with Crippen molar-refractivity contribution in [3.8, 4) is 0 Å². The number of hydrogen-bond donors (Lipinski definition) is 3. The molecule has 1 fully saturated rings. The standard InChI is InChI=1S/C16H19FN4O4S/c17-12-7-14(18-8-12)9-19-16(22)11-2-1-3-15(6-11)26(23,24)20-10-13-4-5-25-21-13/h1-6,12,14,18,20H,7-10H2,(H,19,22)/t12-,14-/m0/s1. The van der Waals surface area contributed by atoms with Gasteiger partial charge in [0.15, 0.2) is 0 Å². The first kappa shape index (κ1) is 18.5. The minimum atomic E-state index is -3.80. The van der Waals surface area contributed by atoms with Gasteiger partial charge in [0.2, 0.25) is 10.0 Å². The lowest BCUT2D eigenvalue weighted by molar-refractivity contribution is 0.0949. The molecule has 1 aliphatic rings. The maximum absolute atomic E-state index is 13.1. The van der Waals surface area contributed by atoms with Crippen LogP contribution >= 0.6 is 0 Å². The molecule has 2 heterocycles. The van der Waals surface area contributed by atoms with Crippen LogP contribution in [0.5, 0.6) is 0 Å². The SMILES string of the molecule is O=C(NC[C@@H]1C[C@H](F)CN1)c1cccc(S(=O)(=O)NCc2ccon2)c1. The third-order valence-electron chi connectivity index (χ3n) is 4.02. The average Bonchev–Trinajstić information content (AvgIpc) is 3.29. The Morgan fingerprint density at radius 1 is 1.38 bits per heavy atom. The van der Waals surface area contributed by atoms with Gasteiger partial charge in [0, 0.05) is 30.8 Å². The number of nitrogens with one attached hydrogen (secondary N) is 3. The second-order valence-electron chi connectivity index (χ2n) is 5.99. The monoisotopic (exact) mass is 382 g/mol. The van der Waals surface area contributed by atoms with Gasteiger partial charge in [0.25, 0.3) is 5.91 Å². The largest absolute Gasteiger partial charge is 0.364 e. The highest BCUT2D eigenvalue weighted by molar-refractivity contribution is 7.89. The molecule has 2 aromatic rings. The second-order valence-corrected chi connectivity index (χ2v) is 7.76. The summed E-state index contributed by atoms with van der Waals surface area (Å²) in [4.78, 5) is 12.2. The topological polar surface area (TPSA) is 113 Å². The summed E-state index contributed by atoms with van der Waals surface area (Å²) < 4.78 is 44.9. The van der Waals surface area contributed by atoms with E-state index in [2.05, 4.69) is 25.0 Å². The predicted octanol–water partition coefficient (Wildman–Crippen LogP) is 0.583. The Labute approximate surface area is 150 Å². The summed E-state index contributed by atoms with van der Waals surface area (Å²) in [5, 5.41) is 9.29. The fourth-order valence-corrected chi connectivity index (χ4v) is 3.67. The number of benzene rings is 1. The van der Waals surface area contributed by atoms with Crippen molar-refractivity contribution in [2.45, 2.75) is 30.1 Å². The molecule has 0 spiro atoms. The van der Waals surface area contributed by atoms with Crippen LogP contribution in [-0.2, 0) is 16.6 Å². The van der Waals surface area contributed by atoms with Crippen LogP contribution in [0.3, 0.4) is 0 Å². The van der Waals surface area contributed by atoms with E-state index >= 15 is 0 Å². The molecule has 8 nitrogen and oxygen atoms in total. The summed E-state index contributed by atoms with van der Waals surface area (Å²) in [7, 11) is -3.80. The lowest BCUT2D eigenvalue weighted by atomic mass is 10.2. The van der Waals surface area contributed by atoms with Crippen molar-refractivity contribution < 1.29 is 22.1 Å². The predicted molar refractivity (Wildman–Crippen MR) is 90.6 cm³/mol. The number of aromatic nitrogens is 1. The van der Waals surface area contributed by atoms with E-state index in [1.807, 2.05) is 0 Å². The van der Waals surface area contributed by atoms with Crippen molar-refractivity contribution in [1.82, 2.24) is 20.5 Å². The summed E-state index contributed by atoms with van der Waals surface area (Å²) in [5.41, 5.74) is 0.654. The number of carbonyl (C=O) groups is 1. The number of amides is 1. The Morgan fingerprint density at radius 2 is 2.23 bits per heavy atom. The summed E-state index contributed by atoms with van der Waals surface area (Å²) in [6, 6.07) is 7.13. The van der Waals surface area contributed by atoms with Crippen LogP contribution in [-0.4, -0.2) is 44.8 Å². The molecule has 3 rings (SSSR count). The van der Waals surface area contributed by atoms with Crippen LogP contribution in [0, 0.1) is 0 Å². The Balaban J connectivity index is 1.62. The molecule has 26 heavy (non-hydrogen) atoms. The zero-order valence-corrected chi connectivity index (χ0v) is 14.6. The van der Waals surface area contributed by atoms with Gasteiger partial charge >= 0.3 is 0 Å². The first-order valence-corrected chi connectivity index (χ1v) is 9.57. The quantitative estimate of drug-likeness (QED) is 0.646. The van der Waals surface area contributed by atoms with Gasteiger partial charge in [-0.3, -0.25) is 4.79 Å². The van der Waals surface area contributed by atoms with Gasteiger partial charge in [-0.1, -0.05) is 11.2 Å². The molecule has 3 N–H and O–H groups in total. The summed E-state index contributed by atoms with van der Waals surface area (Å²) in [6.07, 6.45) is 0.792. The van der Waals surface area contributed by atoms with Crippen molar-refractivity contribution in [3.63, 3.8) is 0 Å². The third-order valence-corrected chi connectivity index (χ3v) is 5.42. The summed E-state index contributed by atoms with van der Waals surface area (Å²) in [6.45, 7) is 0.541. The Morgan fingerprint density at radius 3 is 2.92 bits per heavy atom. The molecule has 1 aliphatic heterocycles. The normalized spacial score (nSPS) is 20.2. The van der Waals surface area contributed by atoms with E-state index in [1.54, 1.807) is 6.07 Å². The second kappa shape index (κ2) is 7.94. The number of halogens is 1. The zero-order valence-electron chi connectivity index (χ0n) is 13.8. The molecule has 10 heteroatoms. The van der Waals surface area contributed by atoms with E-state index in [4.69, 9.17) is 0 Å². The van der Waals surface area contributed by atoms with Gasteiger partial charge in [0.1, 0.15) is 12.4 Å². The highest BCUT2D eigenvalue weighted by Crippen LogP contribution is 2.13. The van der Waals surface area contributed by atoms with E-state index < -0.39 is 22.1 Å². The Bertz CT molecular complexity index is 857. The summed E-state index contributed by atoms with van der Waals surface area (Å²) in [5.74, 6) is -0.414. The molecular formula is C16H19FN4O4S. The van der Waals surface area contributed by atoms with Crippen LogP contribution in [0.1, 0.15) is 22.5 Å². The fraction of sp³-hybridized carbons (Fsp3) is 0.375. The third kappa shape index (κ3) is 4.65. The molecule has 140 valence electrons. The number of sulfonamides is 1. The molecule has 0 bridgehead atoms. The maximum Gasteiger partial charge on any atom is 0.251 e. The van der Waals surface area contributed by atoms with Crippen molar-refractivity contribution >= 4 is 15.9 Å². The molecule has 1 aromatic heterocycles. The van der Waals surface area contributed by atoms with E-state index in [-0.39, 0.29) is 36.1 Å². The van der Waals surface area contributed by atoms with Gasteiger partial charge < -0.3 is 15.2 Å². The zero-order chi connectivity index (χ0) is 18.6. The van der Waals surface area contributed by atoms with Crippen LogP contribution in [0.4, 0.5) is 4.39 Å². The van der Waals surface area contributed by atoms with Crippen LogP contribution < -0.4 is 15.4 Å². The molecule has 1 saturated heterocycles. The Kier molecular flexibility index (Phi) is 5.64. The van der Waals surface area contributed by atoms with Gasteiger partial charge in [0.05, 0.1) is 17.1 Å². The maximum atomic E-state index is 13.1. The van der Waals surface area contributed by atoms with Gasteiger partial charge in [-0.25, -0.2) is 17.5 Å². The number of carbonyl (C=O) groups excluding carboxylic acids is 1. The van der Waals surface area contributed by atoms with Crippen LogP contribution in [0.15, 0.2) is 46.0 Å². The van der Waals surface area contributed by atoms with Crippen LogP contribution in [0.25, 0.3) is 0 Å². The molecule has 1 amide bonds. The first-order valence-electron chi connectivity index (χ1n) is 8.09. The Hall–Kier alpha value is -2.30. The van der Waals surface area contributed by atoms with Crippen molar-refractivity contribution in [1.29, 1.82) is 0 Å². The van der Waals surface area contributed by atoms with Gasteiger partial charge in [-0.15, -0.1) is 0 Å². The molecular weight excluding hydrogens is 363 g/mol. The fourth-order valence-electron chi connectivity index (χ4n) is 2.63. The molecule has 2 atom stereocenters. The van der Waals surface area contributed by atoms with E-state index in [1.165, 1.54) is 30.5 Å². The van der Waals surface area contributed by atoms with Gasteiger partial charge in [-0.2, -0.15) is 0 Å². The smallest absolute Gasteiger partial charge is 0.251 e. The molecule has 0 unspecified atom stereocenters. The first-order chi connectivity index (χ1) is 12.4. The van der Waals surface area contributed by atoms with Crippen molar-refractivity contribution in [3.05, 3.63) is 47.9 Å². The lowest BCUT2D eigenvalue weighted by Crippen LogP contribution is -2.37. The van der Waals surface area contributed by atoms with Gasteiger partial charge in [-0.05, 0) is 24.6 Å². The molecule has 1 aromatic carbocycles. The molecule has 0 saturated carbocycles. The number of nitrogens with zero attached hydrogens (tertiary/aromatic N) is 1. The van der Waals surface area contributed by atoms with E-state index in [9.17, 15) is 17.6 Å². The van der Waals surface area contributed by atoms with Crippen molar-refractivity contribution in [2.75, 3.05) is 13.1 Å². The minimum Gasteiger partial charge on any atom is -0.364 e. The highest BCUT2D eigenvalue weighted by atomic mass is 32.2. The molecule has 0 aliphatic carbocycles.